The topological polar surface area (TPSA) is 127 Å². The van der Waals surface area contributed by atoms with E-state index in [0.717, 1.165) is 61.3 Å². The lowest BCUT2D eigenvalue weighted by molar-refractivity contribution is -0.153. The van der Waals surface area contributed by atoms with Gasteiger partial charge in [0.1, 0.15) is 0 Å². The normalized spacial score (nSPS) is 45.6. The summed E-state index contributed by atoms with van der Waals surface area (Å²) in [4.78, 5) is 20.0. The molecule has 6 N–H and O–H groups in total. The molecule has 6 rings (SSSR count). The van der Waals surface area contributed by atoms with E-state index in [1.807, 2.05) is 13.8 Å². The molecular formula is C28H48N2O4. The fourth-order valence-electron chi connectivity index (χ4n) is 9.61. The largest absolute Gasteiger partial charge is 0.481 e. The first-order chi connectivity index (χ1) is 16.1. The number of aliphatic carboxylic acids is 2. The Hall–Kier alpha value is -1.40. The summed E-state index contributed by atoms with van der Waals surface area (Å²) >= 11 is 0. The summed E-state index contributed by atoms with van der Waals surface area (Å²) in [6.45, 7) is 13.3. The highest BCUT2D eigenvalue weighted by Crippen LogP contribution is 2.73. The molecule has 0 radical (unpaired) electrons. The third-order valence-corrected chi connectivity index (χ3v) is 10.7. The van der Waals surface area contributed by atoms with E-state index in [4.69, 9.17) is 26.5 Å². The molecule has 0 aliphatic heterocycles. The standard InChI is InChI=1S/C13H19NO2.C11H19N.C2H4O2.C2H6/c1-7-4-10-12-8(7)2-3-9(12)13(10,6-14)5-11(15)16;1-11-4-2-7-9(6-12)8(3-5-11)10(7)11;1-2(3)4;1-2/h8-10,12H,1-6,14H2,(H,15,16);7-10H,2-6,12H2,1H3;1H3,(H,3,4);1-2H3/t8-,9-,10?,12+,13+;7-,8?,9?,10?,11?;;/m01../s1. The summed E-state index contributed by atoms with van der Waals surface area (Å²) in [6.07, 6.45) is 9.62. The zero-order valence-corrected chi connectivity index (χ0v) is 21.8. The molecule has 0 saturated heterocycles. The Kier molecular flexibility index (Phi) is 8.24. The molecule has 10 atom stereocenters. The zero-order chi connectivity index (χ0) is 25.4. The van der Waals surface area contributed by atoms with Crippen LogP contribution >= 0.6 is 0 Å². The van der Waals surface area contributed by atoms with Crippen molar-refractivity contribution >= 4 is 11.9 Å². The van der Waals surface area contributed by atoms with Crippen molar-refractivity contribution in [2.24, 2.45) is 69.6 Å². The van der Waals surface area contributed by atoms with Crippen LogP contribution in [0, 0.1) is 58.2 Å². The molecule has 0 spiro atoms. The zero-order valence-electron chi connectivity index (χ0n) is 21.8. The van der Waals surface area contributed by atoms with Crippen molar-refractivity contribution < 1.29 is 19.8 Å². The first-order valence-electron chi connectivity index (χ1n) is 13.6. The third-order valence-electron chi connectivity index (χ3n) is 10.7. The van der Waals surface area contributed by atoms with Gasteiger partial charge in [-0.25, -0.2) is 0 Å². The maximum absolute atomic E-state index is 11.0. The minimum atomic E-state index is -0.833. The number of carbonyl (C=O) groups is 2. The average molecular weight is 477 g/mol. The third kappa shape index (κ3) is 4.23. The van der Waals surface area contributed by atoms with Crippen molar-refractivity contribution in [3.63, 3.8) is 0 Å². The highest BCUT2D eigenvalue weighted by atomic mass is 16.4. The van der Waals surface area contributed by atoms with Gasteiger partial charge in [0.05, 0.1) is 6.42 Å². The number of allylic oxidation sites excluding steroid dienone is 1. The first kappa shape index (κ1) is 27.2. The highest BCUT2D eigenvalue weighted by molar-refractivity contribution is 5.68. The fourth-order valence-corrected chi connectivity index (χ4v) is 9.61. The van der Waals surface area contributed by atoms with Crippen LogP contribution in [0.25, 0.3) is 0 Å². The van der Waals surface area contributed by atoms with E-state index in [1.54, 1.807) is 0 Å². The van der Waals surface area contributed by atoms with Crippen molar-refractivity contribution in [3.05, 3.63) is 12.2 Å². The highest BCUT2D eigenvalue weighted by Gasteiger charge is 2.68. The lowest BCUT2D eigenvalue weighted by Gasteiger charge is -2.57. The maximum atomic E-state index is 11.0. The van der Waals surface area contributed by atoms with Gasteiger partial charge < -0.3 is 21.7 Å². The second kappa shape index (κ2) is 10.3. The van der Waals surface area contributed by atoms with Crippen LogP contribution in [0.1, 0.15) is 79.1 Å². The van der Waals surface area contributed by atoms with Crippen LogP contribution in [0.5, 0.6) is 0 Å². The first-order valence-corrected chi connectivity index (χ1v) is 13.6. The minimum Gasteiger partial charge on any atom is -0.481 e. The van der Waals surface area contributed by atoms with Crippen LogP contribution in [0.4, 0.5) is 0 Å². The Morgan fingerprint density at radius 3 is 2.06 bits per heavy atom. The summed E-state index contributed by atoms with van der Waals surface area (Å²) in [5.74, 6) is 5.02. The maximum Gasteiger partial charge on any atom is 0.303 e. The Morgan fingerprint density at radius 2 is 1.59 bits per heavy atom. The van der Waals surface area contributed by atoms with E-state index in [1.165, 1.54) is 37.7 Å². The molecule has 0 aromatic carbocycles. The molecule has 34 heavy (non-hydrogen) atoms. The van der Waals surface area contributed by atoms with Crippen LogP contribution in [-0.2, 0) is 9.59 Å². The predicted molar refractivity (Wildman–Crippen MR) is 135 cm³/mol. The van der Waals surface area contributed by atoms with Crippen LogP contribution < -0.4 is 11.5 Å². The molecule has 5 unspecified atom stereocenters. The van der Waals surface area contributed by atoms with Gasteiger partial charge in [-0.2, -0.15) is 0 Å². The second-order valence-corrected chi connectivity index (χ2v) is 11.8. The van der Waals surface area contributed by atoms with Crippen molar-refractivity contribution in [2.45, 2.75) is 79.1 Å². The molecule has 0 heterocycles. The van der Waals surface area contributed by atoms with Gasteiger partial charge in [-0.1, -0.05) is 32.9 Å². The molecule has 194 valence electrons. The van der Waals surface area contributed by atoms with Gasteiger partial charge in [-0.05, 0) is 116 Å². The predicted octanol–water partition coefficient (Wildman–Crippen LogP) is 4.77. The molecule has 0 aromatic rings. The molecule has 6 fully saturated rings. The van der Waals surface area contributed by atoms with E-state index in [0.29, 0.717) is 24.3 Å². The smallest absolute Gasteiger partial charge is 0.303 e. The Morgan fingerprint density at radius 1 is 1.03 bits per heavy atom. The van der Waals surface area contributed by atoms with E-state index < -0.39 is 11.9 Å². The van der Waals surface area contributed by atoms with Gasteiger partial charge in [-0.3, -0.25) is 9.59 Å². The number of rotatable bonds is 4. The molecule has 0 bridgehead atoms. The number of carboxylic acids is 2. The summed E-state index contributed by atoms with van der Waals surface area (Å²) in [5, 5.41) is 16.5. The summed E-state index contributed by atoms with van der Waals surface area (Å²) in [5.41, 5.74) is 13.7. The summed E-state index contributed by atoms with van der Waals surface area (Å²) < 4.78 is 0. The SMILES string of the molecule is C=C1CC2[C@@H]3[C@H]1CC[C@@H]3[C@]2(CN)CC(=O)O.CC.CC(=O)O.CC12CCC3C(CN)[C@@H](CC1)C32. The van der Waals surface area contributed by atoms with Gasteiger partial charge in [0, 0.05) is 6.92 Å². The van der Waals surface area contributed by atoms with Crippen LogP contribution in [-0.4, -0.2) is 35.2 Å². The second-order valence-electron chi connectivity index (χ2n) is 11.8. The molecular weight excluding hydrogens is 428 g/mol. The fraction of sp³-hybridized carbons (Fsp3) is 0.857. The van der Waals surface area contributed by atoms with Gasteiger partial charge in [0.15, 0.2) is 0 Å². The summed E-state index contributed by atoms with van der Waals surface area (Å²) in [6, 6.07) is 0. The van der Waals surface area contributed by atoms with Gasteiger partial charge in [0.25, 0.3) is 5.97 Å². The van der Waals surface area contributed by atoms with E-state index in [2.05, 4.69) is 13.5 Å². The summed E-state index contributed by atoms with van der Waals surface area (Å²) in [7, 11) is 0. The Labute approximate surface area is 205 Å². The van der Waals surface area contributed by atoms with Crippen molar-refractivity contribution in [1.29, 1.82) is 0 Å². The number of nitrogens with two attached hydrogens (primary N) is 2. The minimum absolute atomic E-state index is 0.106. The lowest BCUT2D eigenvalue weighted by Crippen LogP contribution is -2.58. The van der Waals surface area contributed by atoms with Crippen LogP contribution in [0.15, 0.2) is 12.2 Å². The van der Waals surface area contributed by atoms with Crippen molar-refractivity contribution in [2.75, 3.05) is 13.1 Å². The van der Waals surface area contributed by atoms with E-state index >= 15 is 0 Å². The molecule has 6 nitrogen and oxygen atoms in total. The van der Waals surface area contributed by atoms with Crippen molar-refractivity contribution in [3.8, 4) is 0 Å². The van der Waals surface area contributed by atoms with E-state index in [9.17, 15) is 4.79 Å². The number of hydrogen-bond acceptors (Lipinski definition) is 4. The number of carboxylic acid groups (broad SMARTS) is 2. The average Bonchev–Trinajstić information content (AvgIpc) is 3.44. The van der Waals surface area contributed by atoms with Gasteiger partial charge >= 0.3 is 5.97 Å². The van der Waals surface area contributed by atoms with Crippen LogP contribution in [0.3, 0.4) is 0 Å². The molecule has 6 heteroatoms. The van der Waals surface area contributed by atoms with Gasteiger partial charge in [0.2, 0.25) is 0 Å². The Bertz CT molecular complexity index is 762. The molecule has 0 aromatic heterocycles. The Balaban J connectivity index is 0.000000159. The molecule has 6 aliphatic carbocycles. The lowest BCUT2D eigenvalue weighted by atomic mass is 9.47. The van der Waals surface area contributed by atoms with Crippen molar-refractivity contribution in [1.82, 2.24) is 0 Å². The molecule has 0 amide bonds. The van der Waals surface area contributed by atoms with E-state index in [-0.39, 0.29) is 11.8 Å². The quantitative estimate of drug-likeness (QED) is 0.433. The molecule has 6 aliphatic rings. The van der Waals surface area contributed by atoms with Crippen LogP contribution in [0.2, 0.25) is 0 Å². The monoisotopic (exact) mass is 476 g/mol. The molecule has 6 saturated carbocycles. The van der Waals surface area contributed by atoms with Gasteiger partial charge in [-0.15, -0.1) is 0 Å². The number of hydrogen-bond donors (Lipinski definition) is 4.